The third-order valence-electron chi connectivity index (χ3n) is 2.68. The average Bonchev–Trinajstić information content (AvgIpc) is 2.67. The number of anilines is 2. The van der Waals surface area contributed by atoms with Gasteiger partial charge in [0.05, 0.1) is 16.7 Å². The summed E-state index contributed by atoms with van der Waals surface area (Å²) in [5, 5.41) is 4.43. The normalized spacial score (nSPS) is 12.3. The van der Waals surface area contributed by atoms with Crippen molar-refractivity contribution >= 4 is 23.0 Å². The lowest BCUT2D eigenvalue weighted by Gasteiger charge is -2.14. The van der Waals surface area contributed by atoms with E-state index in [1.165, 1.54) is 4.88 Å². The van der Waals surface area contributed by atoms with E-state index in [4.69, 9.17) is 5.84 Å². The van der Waals surface area contributed by atoms with Crippen LogP contribution in [0.25, 0.3) is 0 Å². The number of rotatable bonds is 4. The van der Waals surface area contributed by atoms with Crippen LogP contribution in [0.15, 0.2) is 6.07 Å². The van der Waals surface area contributed by atoms with E-state index in [9.17, 15) is 0 Å². The minimum absolute atomic E-state index is 0.145. The van der Waals surface area contributed by atoms with E-state index in [1.54, 1.807) is 17.4 Å². The molecule has 102 valence electrons. The first-order chi connectivity index (χ1) is 8.99. The van der Waals surface area contributed by atoms with Gasteiger partial charge < -0.3 is 10.7 Å². The highest BCUT2D eigenvalue weighted by Gasteiger charge is 2.13. The van der Waals surface area contributed by atoms with Crippen molar-refractivity contribution in [2.45, 2.75) is 33.7 Å². The van der Waals surface area contributed by atoms with Gasteiger partial charge in [-0.3, -0.25) is 0 Å². The molecule has 0 saturated carbocycles. The standard InChI is InChI=1S/C12H18N6S/c1-6-12(19-9(4)14-6)7(2)15-10-5-11(18-13)17-8(3)16-10/h5,7H,13H2,1-4H3,(H2,15,16,17,18). The zero-order valence-corrected chi connectivity index (χ0v) is 12.3. The fourth-order valence-electron chi connectivity index (χ4n) is 1.95. The number of nitrogens with one attached hydrogen (secondary N) is 2. The van der Waals surface area contributed by atoms with Crippen molar-refractivity contribution in [1.82, 2.24) is 15.0 Å². The molecular weight excluding hydrogens is 260 g/mol. The number of nitrogens with two attached hydrogens (primary N) is 1. The summed E-state index contributed by atoms with van der Waals surface area (Å²) < 4.78 is 0. The topological polar surface area (TPSA) is 88.8 Å². The van der Waals surface area contributed by atoms with Gasteiger partial charge in [0.25, 0.3) is 0 Å². The van der Waals surface area contributed by atoms with Gasteiger partial charge in [0.2, 0.25) is 0 Å². The predicted octanol–water partition coefficient (Wildman–Crippen LogP) is 2.32. The third-order valence-corrected chi connectivity index (χ3v) is 3.94. The molecule has 0 amide bonds. The van der Waals surface area contributed by atoms with Gasteiger partial charge >= 0.3 is 0 Å². The molecule has 2 heterocycles. The fourth-order valence-corrected chi connectivity index (χ4v) is 2.88. The highest BCUT2D eigenvalue weighted by atomic mass is 32.1. The maximum absolute atomic E-state index is 5.38. The van der Waals surface area contributed by atoms with Crippen LogP contribution in [0.3, 0.4) is 0 Å². The van der Waals surface area contributed by atoms with E-state index in [0.29, 0.717) is 11.6 Å². The Morgan fingerprint density at radius 2 is 1.84 bits per heavy atom. The lowest BCUT2D eigenvalue weighted by molar-refractivity contribution is 0.872. The fraction of sp³-hybridized carbons (Fsp3) is 0.417. The Kier molecular flexibility index (Phi) is 3.96. The smallest absolute Gasteiger partial charge is 0.145 e. The van der Waals surface area contributed by atoms with Crippen molar-refractivity contribution in [3.05, 3.63) is 27.5 Å². The summed E-state index contributed by atoms with van der Waals surface area (Å²) in [6.45, 7) is 7.96. The summed E-state index contributed by atoms with van der Waals surface area (Å²) >= 11 is 1.70. The predicted molar refractivity (Wildman–Crippen MR) is 78.2 cm³/mol. The number of nitrogens with zero attached hydrogens (tertiary/aromatic N) is 3. The van der Waals surface area contributed by atoms with E-state index in [-0.39, 0.29) is 6.04 Å². The number of aromatic nitrogens is 3. The molecule has 0 saturated heterocycles. The zero-order chi connectivity index (χ0) is 14.0. The molecule has 1 unspecified atom stereocenters. The van der Waals surface area contributed by atoms with Crippen LogP contribution in [-0.2, 0) is 0 Å². The van der Waals surface area contributed by atoms with Crippen LogP contribution in [0.4, 0.5) is 11.6 Å². The molecule has 0 aromatic carbocycles. The summed E-state index contributed by atoms with van der Waals surface area (Å²) in [7, 11) is 0. The third kappa shape index (κ3) is 3.18. The van der Waals surface area contributed by atoms with Crippen LogP contribution in [-0.4, -0.2) is 15.0 Å². The summed E-state index contributed by atoms with van der Waals surface area (Å²) in [4.78, 5) is 14.2. The molecule has 0 aliphatic carbocycles. The molecule has 2 rings (SSSR count). The van der Waals surface area contributed by atoms with Crippen LogP contribution in [0.1, 0.15) is 34.4 Å². The van der Waals surface area contributed by atoms with Gasteiger partial charge in [-0.2, -0.15) is 0 Å². The number of hydrogen-bond acceptors (Lipinski definition) is 7. The molecule has 0 aliphatic rings. The van der Waals surface area contributed by atoms with Gasteiger partial charge in [-0.05, 0) is 27.7 Å². The van der Waals surface area contributed by atoms with Gasteiger partial charge in [-0.15, -0.1) is 11.3 Å². The molecule has 0 radical (unpaired) electrons. The molecule has 19 heavy (non-hydrogen) atoms. The molecule has 1 atom stereocenters. The first-order valence-electron chi connectivity index (χ1n) is 6.02. The maximum atomic E-state index is 5.38. The molecule has 2 aromatic rings. The van der Waals surface area contributed by atoms with E-state index < -0.39 is 0 Å². The number of thiazole rings is 1. The Hall–Kier alpha value is -1.73. The number of hydrogen-bond donors (Lipinski definition) is 3. The lowest BCUT2D eigenvalue weighted by Crippen LogP contribution is -2.13. The van der Waals surface area contributed by atoms with Crippen LogP contribution < -0.4 is 16.6 Å². The van der Waals surface area contributed by atoms with E-state index in [1.807, 2.05) is 20.8 Å². The minimum atomic E-state index is 0.145. The molecule has 0 fully saturated rings. The highest BCUT2D eigenvalue weighted by Crippen LogP contribution is 2.27. The minimum Gasteiger partial charge on any atom is -0.362 e. The molecular formula is C12H18N6S. The highest BCUT2D eigenvalue weighted by molar-refractivity contribution is 7.11. The number of nitrogen functional groups attached to an aromatic ring is 1. The molecule has 0 bridgehead atoms. The zero-order valence-electron chi connectivity index (χ0n) is 11.5. The van der Waals surface area contributed by atoms with Crippen molar-refractivity contribution in [3.63, 3.8) is 0 Å². The Morgan fingerprint density at radius 1 is 1.16 bits per heavy atom. The molecule has 0 aliphatic heterocycles. The second kappa shape index (κ2) is 5.50. The van der Waals surface area contributed by atoms with E-state index >= 15 is 0 Å². The maximum Gasteiger partial charge on any atom is 0.145 e. The molecule has 0 spiro atoms. The van der Waals surface area contributed by atoms with Crippen LogP contribution in [0, 0.1) is 20.8 Å². The monoisotopic (exact) mass is 278 g/mol. The molecule has 2 aromatic heterocycles. The first-order valence-corrected chi connectivity index (χ1v) is 6.84. The number of aryl methyl sites for hydroxylation is 3. The summed E-state index contributed by atoms with van der Waals surface area (Å²) in [6.07, 6.45) is 0. The van der Waals surface area contributed by atoms with E-state index in [0.717, 1.165) is 16.5 Å². The largest absolute Gasteiger partial charge is 0.362 e. The molecule has 4 N–H and O–H groups in total. The Balaban J connectivity index is 2.21. The second-order valence-electron chi connectivity index (χ2n) is 4.38. The molecule has 7 heteroatoms. The van der Waals surface area contributed by atoms with Gasteiger partial charge in [-0.25, -0.2) is 20.8 Å². The van der Waals surface area contributed by atoms with Crippen molar-refractivity contribution in [2.75, 3.05) is 10.7 Å². The number of hydrazine groups is 1. The summed E-state index contributed by atoms with van der Waals surface area (Å²) in [6, 6.07) is 1.93. The van der Waals surface area contributed by atoms with Gasteiger partial charge in [-0.1, -0.05) is 0 Å². The first kappa shape index (κ1) is 13.7. The van der Waals surface area contributed by atoms with Gasteiger partial charge in [0.1, 0.15) is 17.5 Å². The van der Waals surface area contributed by atoms with E-state index in [2.05, 4.69) is 32.6 Å². The summed E-state index contributed by atoms with van der Waals surface area (Å²) in [5.74, 6) is 7.40. The Morgan fingerprint density at radius 3 is 2.42 bits per heavy atom. The van der Waals surface area contributed by atoms with Crippen LogP contribution in [0.5, 0.6) is 0 Å². The lowest BCUT2D eigenvalue weighted by atomic mass is 10.2. The SMILES string of the molecule is Cc1nc(NN)cc(NC(C)c2sc(C)nc2C)n1. The van der Waals surface area contributed by atoms with Crippen molar-refractivity contribution in [3.8, 4) is 0 Å². The second-order valence-corrected chi connectivity index (χ2v) is 5.61. The average molecular weight is 278 g/mol. The quantitative estimate of drug-likeness (QED) is 0.587. The van der Waals surface area contributed by atoms with Crippen molar-refractivity contribution < 1.29 is 0 Å². The summed E-state index contributed by atoms with van der Waals surface area (Å²) in [5.41, 5.74) is 3.60. The Labute approximate surface area is 116 Å². The van der Waals surface area contributed by atoms with Gasteiger partial charge in [0.15, 0.2) is 0 Å². The molecule has 6 nitrogen and oxygen atoms in total. The van der Waals surface area contributed by atoms with Crippen molar-refractivity contribution in [2.24, 2.45) is 5.84 Å². The van der Waals surface area contributed by atoms with Crippen LogP contribution in [0.2, 0.25) is 0 Å². The van der Waals surface area contributed by atoms with Crippen molar-refractivity contribution in [1.29, 1.82) is 0 Å². The van der Waals surface area contributed by atoms with Gasteiger partial charge in [0, 0.05) is 10.9 Å². The Bertz CT molecular complexity index is 580. The van der Waals surface area contributed by atoms with Crippen LogP contribution >= 0.6 is 11.3 Å².